The molecule has 0 aromatic heterocycles. The number of piperidine rings is 1. The number of rotatable bonds is 10. The third-order valence-electron chi connectivity index (χ3n) is 7.06. The third kappa shape index (κ3) is 6.64. The van der Waals surface area contributed by atoms with Gasteiger partial charge in [0.05, 0.1) is 6.61 Å². The normalized spacial score (nSPS) is 19.5. The molecule has 2 N–H and O–H groups in total. The third-order valence-corrected chi connectivity index (χ3v) is 7.06. The van der Waals surface area contributed by atoms with Gasteiger partial charge < -0.3 is 20.1 Å². The van der Waals surface area contributed by atoms with Gasteiger partial charge in [-0.15, -0.1) is 0 Å². The number of benzene rings is 3. The summed E-state index contributed by atoms with van der Waals surface area (Å²) in [5.74, 6) is 2.71. The molecule has 0 spiro atoms. The van der Waals surface area contributed by atoms with E-state index >= 15 is 0 Å². The van der Waals surface area contributed by atoms with E-state index in [9.17, 15) is 9.18 Å². The van der Waals surface area contributed by atoms with Crippen molar-refractivity contribution < 1.29 is 18.7 Å². The molecule has 5 rings (SSSR count). The summed E-state index contributed by atoms with van der Waals surface area (Å²) in [6.45, 7) is 3.66. The first-order chi connectivity index (χ1) is 17.6. The molecule has 2 aliphatic rings. The fourth-order valence-electron chi connectivity index (χ4n) is 4.66. The lowest BCUT2D eigenvalue weighted by Gasteiger charge is -2.32. The van der Waals surface area contributed by atoms with Crippen LogP contribution in [0, 0.1) is 17.7 Å². The number of ether oxygens (including phenoxy) is 2. The summed E-state index contributed by atoms with van der Waals surface area (Å²) >= 11 is 0. The lowest BCUT2D eigenvalue weighted by Crippen LogP contribution is -2.38. The van der Waals surface area contributed by atoms with E-state index in [2.05, 4.69) is 22.8 Å². The topological polar surface area (TPSA) is 59.6 Å². The molecular weight excluding hydrogens is 455 g/mol. The minimum atomic E-state index is -0.243. The average molecular weight is 489 g/mol. The second kappa shape index (κ2) is 11.6. The summed E-state index contributed by atoms with van der Waals surface area (Å²) in [4.78, 5) is 12.3. The van der Waals surface area contributed by atoms with Crippen LogP contribution in [0.15, 0.2) is 72.8 Å². The predicted octanol–water partition coefficient (Wildman–Crippen LogP) is 5.32. The second-order valence-electron chi connectivity index (χ2n) is 9.83. The smallest absolute Gasteiger partial charge is 0.251 e. The van der Waals surface area contributed by atoms with Crippen molar-refractivity contribution in [1.29, 1.82) is 0 Å². The van der Waals surface area contributed by atoms with Crippen LogP contribution in [0.3, 0.4) is 0 Å². The first kappa shape index (κ1) is 24.3. The maximum absolute atomic E-state index is 13.1. The Morgan fingerprint density at radius 3 is 2.31 bits per heavy atom. The molecule has 3 aromatic carbocycles. The van der Waals surface area contributed by atoms with Crippen LogP contribution < -0.4 is 20.1 Å². The Hall–Kier alpha value is -3.38. The van der Waals surface area contributed by atoms with E-state index < -0.39 is 0 Å². The van der Waals surface area contributed by atoms with Gasteiger partial charge in [0.25, 0.3) is 5.91 Å². The molecule has 1 saturated carbocycles. The molecule has 1 aliphatic heterocycles. The van der Waals surface area contributed by atoms with E-state index in [1.165, 1.54) is 30.5 Å². The Bertz CT molecular complexity index is 1130. The fraction of sp³-hybridized carbons (Fsp3) is 0.367. The Labute approximate surface area is 212 Å². The molecule has 2 atom stereocenters. The molecule has 0 bridgehead atoms. The molecule has 36 heavy (non-hydrogen) atoms. The Balaban J connectivity index is 1.13. The molecule has 0 radical (unpaired) electrons. The number of hydrogen-bond acceptors (Lipinski definition) is 4. The zero-order valence-corrected chi connectivity index (χ0v) is 20.4. The van der Waals surface area contributed by atoms with Crippen LogP contribution in [-0.2, 0) is 6.61 Å². The first-order valence-electron chi connectivity index (χ1n) is 12.8. The minimum absolute atomic E-state index is 0.0184. The van der Waals surface area contributed by atoms with Gasteiger partial charge in [0.15, 0.2) is 0 Å². The number of halogens is 1. The summed E-state index contributed by atoms with van der Waals surface area (Å²) in [5, 5.41) is 6.49. The van der Waals surface area contributed by atoms with Crippen LogP contribution in [-0.4, -0.2) is 32.1 Å². The molecule has 1 amide bonds. The highest BCUT2D eigenvalue weighted by Crippen LogP contribution is 2.32. The number of nitrogens with one attached hydrogen (secondary N) is 2. The van der Waals surface area contributed by atoms with Gasteiger partial charge in [0.2, 0.25) is 0 Å². The van der Waals surface area contributed by atoms with E-state index in [1.54, 1.807) is 12.1 Å². The van der Waals surface area contributed by atoms with Crippen LogP contribution in [0.1, 0.15) is 46.7 Å². The summed E-state index contributed by atoms with van der Waals surface area (Å²) in [6.07, 6.45) is 3.49. The molecule has 0 unspecified atom stereocenters. The van der Waals surface area contributed by atoms with Gasteiger partial charge in [-0.25, -0.2) is 4.39 Å². The van der Waals surface area contributed by atoms with E-state index in [0.29, 0.717) is 36.5 Å². The van der Waals surface area contributed by atoms with E-state index in [-0.39, 0.29) is 11.7 Å². The summed E-state index contributed by atoms with van der Waals surface area (Å²) < 4.78 is 25.1. The van der Waals surface area contributed by atoms with Gasteiger partial charge in [-0.2, -0.15) is 0 Å². The highest BCUT2D eigenvalue weighted by Gasteiger charge is 2.27. The fourth-order valence-corrected chi connectivity index (χ4v) is 4.66. The highest BCUT2D eigenvalue weighted by atomic mass is 19.1. The average Bonchev–Trinajstić information content (AvgIpc) is 3.76. The van der Waals surface area contributed by atoms with Crippen LogP contribution in [0.25, 0.3) is 0 Å². The monoisotopic (exact) mass is 488 g/mol. The minimum Gasteiger partial charge on any atom is -0.493 e. The summed E-state index contributed by atoms with van der Waals surface area (Å²) in [5.41, 5.74) is 2.88. The number of carbonyl (C=O) groups excluding carboxylic acids is 1. The standard InChI is InChI=1S/C30H33FN2O3/c31-26-9-3-22(4-10-26)19-35-27-11-5-23(6-12-27)29-15-16-32-18-25(29)20-36-28-13-7-24(8-14-28)30(34)33-17-21-1-2-21/h3-14,21,25,29,32H,1-2,15-20H2,(H,33,34)/t25-,29-/m0/s1. The van der Waals surface area contributed by atoms with Gasteiger partial charge in [0.1, 0.15) is 23.9 Å². The van der Waals surface area contributed by atoms with Gasteiger partial charge in [-0.1, -0.05) is 24.3 Å². The van der Waals surface area contributed by atoms with Crippen molar-refractivity contribution in [2.45, 2.75) is 31.8 Å². The molecule has 2 fully saturated rings. The highest BCUT2D eigenvalue weighted by molar-refractivity contribution is 5.94. The van der Waals surface area contributed by atoms with Crippen LogP contribution in [0.5, 0.6) is 11.5 Å². The molecule has 5 nitrogen and oxygen atoms in total. The van der Waals surface area contributed by atoms with E-state index in [0.717, 1.165) is 43.1 Å². The van der Waals surface area contributed by atoms with Crippen molar-refractivity contribution in [2.24, 2.45) is 11.8 Å². The van der Waals surface area contributed by atoms with Crippen LogP contribution in [0.4, 0.5) is 4.39 Å². The molecule has 1 heterocycles. The number of amides is 1. The van der Waals surface area contributed by atoms with E-state index in [4.69, 9.17) is 9.47 Å². The van der Waals surface area contributed by atoms with Gasteiger partial charge in [-0.3, -0.25) is 4.79 Å². The molecular formula is C30H33FN2O3. The van der Waals surface area contributed by atoms with Gasteiger partial charge in [0, 0.05) is 24.6 Å². The lowest BCUT2D eigenvalue weighted by molar-refractivity contribution is 0.0951. The molecule has 1 aliphatic carbocycles. The maximum Gasteiger partial charge on any atom is 0.251 e. The zero-order valence-electron chi connectivity index (χ0n) is 20.4. The Morgan fingerprint density at radius 2 is 1.58 bits per heavy atom. The molecule has 1 saturated heterocycles. The summed E-state index contributed by atoms with van der Waals surface area (Å²) in [7, 11) is 0. The quantitative estimate of drug-likeness (QED) is 0.406. The Morgan fingerprint density at radius 1 is 0.889 bits per heavy atom. The summed E-state index contributed by atoms with van der Waals surface area (Å²) in [6, 6.07) is 22.1. The molecule has 188 valence electrons. The molecule has 3 aromatic rings. The van der Waals surface area contributed by atoms with Crippen molar-refractivity contribution in [2.75, 3.05) is 26.2 Å². The molecule has 6 heteroatoms. The van der Waals surface area contributed by atoms with E-state index in [1.807, 2.05) is 36.4 Å². The second-order valence-corrected chi connectivity index (χ2v) is 9.83. The van der Waals surface area contributed by atoms with Crippen molar-refractivity contribution in [3.63, 3.8) is 0 Å². The predicted molar refractivity (Wildman–Crippen MR) is 138 cm³/mol. The number of hydrogen-bond donors (Lipinski definition) is 2. The van der Waals surface area contributed by atoms with Crippen molar-refractivity contribution in [3.8, 4) is 11.5 Å². The van der Waals surface area contributed by atoms with Gasteiger partial charge >= 0.3 is 0 Å². The first-order valence-corrected chi connectivity index (χ1v) is 12.8. The largest absolute Gasteiger partial charge is 0.493 e. The van der Waals surface area contributed by atoms with Crippen LogP contribution >= 0.6 is 0 Å². The maximum atomic E-state index is 13.1. The van der Waals surface area contributed by atoms with Gasteiger partial charge in [-0.05, 0) is 97.3 Å². The van der Waals surface area contributed by atoms with Crippen molar-refractivity contribution in [3.05, 3.63) is 95.3 Å². The SMILES string of the molecule is O=C(NCC1CC1)c1ccc(OC[C@@H]2CNCC[C@H]2c2ccc(OCc3ccc(F)cc3)cc2)cc1. The number of carbonyl (C=O) groups is 1. The van der Waals surface area contributed by atoms with Crippen LogP contribution in [0.2, 0.25) is 0 Å². The zero-order chi connectivity index (χ0) is 24.7. The Kier molecular flexibility index (Phi) is 7.82. The van der Waals surface area contributed by atoms with Crippen molar-refractivity contribution >= 4 is 5.91 Å². The van der Waals surface area contributed by atoms with Crippen molar-refractivity contribution in [1.82, 2.24) is 10.6 Å². The lowest BCUT2D eigenvalue weighted by atomic mass is 9.81.